The maximum absolute atomic E-state index is 12.3. The van der Waals surface area contributed by atoms with Crippen LogP contribution in [-0.4, -0.2) is 43.2 Å². The molecule has 3 rings (SSSR count). The number of rotatable bonds is 7. The predicted octanol–water partition coefficient (Wildman–Crippen LogP) is 2.91. The van der Waals surface area contributed by atoms with Crippen LogP contribution < -0.4 is 10.1 Å². The largest absolute Gasteiger partial charge is 0.481 e. The Labute approximate surface area is 161 Å². The summed E-state index contributed by atoms with van der Waals surface area (Å²) in [6, 6.07) is 16.1. The van der Waals surface area contributed by atoms with E-state index in [0.717, 1.165) is 49.7 Å². The van der Waals surface area contributed by atoms with Crippen molar-refractivity contribution in [3.05, 3.63) is 65.2 Å². The fourth-order valence-electron chi connectivity index (χ4n) is 3.05. The van der Waals surface area contributed by atoms with E-state index in [2.05, 4.69) is 34.5 Å². The molecule has 1 atom stereocenters. The topological polar surface area (TPSA) is 50.8 Å². The van der Waals surface area contributed by atoms with Gasteiger partial charge < -0.3 is 14.8 Å². The van der Waals surface area contributed by atoms with Crippen molar-refractivity contribution in [3.63, 3.8) is 0 Å². The number of nitrogens with zero attached hydrogens (tertiary/aromatic N) is 1. The first-order chi connectivity index (χ1) is 13.1. The van der Waals surface area contributed by atoms with Crippen LogP contribution in [0.3, 0.4) is 0 Å². The Kier molecular flexibility index (Phi) is 6.85. The number of aryl methyl sites for hydroxylation is 1. The minimum Gasteiger partial charge on any atom is -0.481 e. The Hall–Kier alpha value is -2.37. The lowest BCUT2D eigenvalue weighted by atomic mass is 10.1. The minimum atomic E-state index is -0.535. The molecule has 1 N–H and O–H groups in total. The van der Waals surface area contributed by atoms with Gasteiger partial charge in [0.1, 0.15) is 5.75 Å². The Morgan fingerprint density at radius 3 is 2.48 bits per heavy atom. The number of ether oxygens (including phenoxy) is 2. The van der Waals surface area contributed by atoms with Crippen molar-refractivity contribution in [1.29, 1.82) is 0 Å². The first-order valence-electron chi connectivity index (χ1n) is 9.50. The molecule has 5 nitrogen and oxygen atoms in total. The monoisotopic (exact) mass is 368 g/mol. The van der Waals surface area contributed by atoms with Crippen LogP contribution in [0.5, 0.6) is 5.75 Å². The molecule has 0 radical (unpaired) electrons. The molecule has 0 bridgehead atoms. The molecule has 1 fully saturated rings. The van der Waals surface area contributed by atoms with Crippen molar-refractivity contribution in [2.75, 3.05) is 26.3 Å². The van der Waals surface area contributed by atoms with Crippen LogP contribution in [-0.2, 0) is 22.6 Å². The number of para-hydroxylation sites is 1. The SMILES string of the molecule is Cc1ccccc1O[C@@H](C)C(=O)NCc1ccc(CN2CCOCC2)cc1. The van der Waals surface area contributed by atoms with Gasteiger partial charge in [-0.3, -0.25) is 9.69 Å². The normalized spacial score (nSPS) is 15.9. The summed E-state index contributed by atoms with van der Waals surface area (Å²) in [7, 11) is 0. The molecular formula is C22H28N2O3. The summed E-state index contributed by atoms with van der Waals surface area (Å²) in [5.74, 6) is 0.628. The van der Waals surface area contributed by atoms with Crippen LogP contribution in [0, 0.1) is 6.92 Å². The molecule has 1 aliphatic rings. The summed E-state index contributed by atoms with van der Waals surface area (Å²) in [5, 5.41) is 2.95. The van der Waals surface area contributed by atoms with E-state index >= 15 is 0 Å². The Balaban J connectivity index is 1.46. The summed E-state index contributed by atoms with van der Waals surface area (Å²) < 4.78 is 11.2. The lowest BCUT2D eigenvalue weighted by molar-refractivity contribution is -0.127. The molecule has 1 saturated heterocycles. The first-order valence-corrected chi connectivity index (χ1v) is 9.50. The smallest absolute Gasteiger partial charge is 0.261 e. The highest BCUT2D eigenvalue weighted by molar-refractivity contribution is 5.80. The third kappa shape index (κ3) is 5.81. The van der Waals surface area contributed by atoms with Crippen molar-refractivity contribution in [2.24, 2.45) is 0 Å². The van der Waals surface area contributed by atoms with Crippen molar-refractivity contribution >= 4 is 5.91 Å². The zero-order chi connectivity index (χ0) is 19.1. The summed E-state index contributed by atoms with van der Waals surface area (Å²) >= 11 is 0. The number of hydrogen-bond acceptors (Lipinski definition) is 4. The summed E-state index contributed by atoms with van der Waals surface area (Å²) in [6.07, 6.45) is -0.535. The van der Waals surface area contributed by atoms with Crippen LogP contribution in [0.15, 0.2) is 48.5 Å². The second-order valence-corrected chi connectivity index (χ2v) is 6.95. The third-order valence-electron chi connectivity index (χ3n) is 4.77. The Morgan fingerprint density at radius 2 is 1.78 bits per heavy atom. The number of morpholine rings is 1. The van der Waals surface area contributed by atoms with Gasteiger partial charge >= 0.3 is 0 Å². The van der Waals surface area contributed by atoms with E-state index < -0.39 is 6.10 Å². The molecule has 144 valence electrons. The molecule has 27 heavy (non-hydrogen) atoms. The summed E-state index contributed by atoms with van der Waals surface area (Å²) in [6.45, 7) is 8.77. The maximum atomic E-state index is 12.3. The van der Waals surface area contributed by atoms with Gasteiger partial charge in [-0.15, -0.1) is 0 Å². The molecule has 1 heterocycles. The molecule has 5 heteroatoms. The number of benzene rings is 2. The average Bonchev–Trinajstić information content (AvgIpc) is 2.69. The van der Waals surface area contributed by atoms with Gasteiger partial charge in [0, 0.05) is 26.2 Å². The van der Waals surface area contributed by atoms with E-state index in [-0.39, 0.29) is 5.91 Å². The molecular weight excluding hydrogens is 340 g/mol. The molecule has 0 aliphatic carbocycles. The van der Waals surface area contributed by atoms with Gasteiger partial charge in [-0.1, -0.05) is 42.5 Å². The number of amides is 1. The van der Waals surface area contributed by atoms with E-state index in [4.69, 9.17) is 9.47 Å². The molecule has 0 saturated carbocycles. The molecule has 0 unspecified atom stereocenters. The summed E-state index contributed by atoms with van der Waals surface area (Å²) in [4.78, 5) is 14.7. The third-order valence-corrected chi connectivity index (χ3v) is 4.77. The second-order valence-electron chi connectivity index (χ2n) is 6.95. The van der Waals surface area contributed by atoms with Gasteiger partial charge in [0.15, 0.2) is 6.10 Å². The van der Waals surface area contributed by atoms with Crippen molar-refractivity contribution in [3.8, 4) is 5.75 Å². The number of carbonyl (C=O) groups excluding carboxylic acids is 1. The molecule has 0 spiro atoms. The van der Waals surface area contributed by atoms with Gasteiger partial charge in [0.2, 0.25) is 0 Å². The Morgan fingerprint density at radius 1 is 1.11 bits per heavy atom. The van der Waals surface area contributed by atoms with Crippen molar-refractivity contribution < 1.29 is 14.3 Å². The van der Waals surface area contributed by atoms with E-state index in [0.29, 0.717) is 6.54 Å². The zero-order valence-electron chi connectivity index (χ0n) is 16.1. The Bertz CT molecular complexity index is 739. The van der Waals surface area contributed by atoms with Crippen molar-refractivity contribution in [1.82, 2.24) is 10.2 Å². The van der Waals surface area contributed by atoms with Crippen LogP contribution in [0.1, 0.15) is 23.6 Å². The zero-order valence-corrected chi connectivity index (χ0v) is 16.1. The highest BCUT2D eigenvalue weighted by Gasteiger charge is 2.15. The minimum absolute atomic E-state index is 0.115. The summed E-state index contributed by atoms with van der Waals surface area (Å²) in [5.41, 5.74) is 3.38. The quantitative estimate of drug-likeness (QED) is 0.816. The second kappa shape index (κ2) is 9.53. The predicted molar refractivity (Wildman–Crippen MR) is 106 cm³/mol. The number of hydrogen-bond donors (Lipinski definition) is 1. The van der Waals surface area contributed by atoms with E-state index in [1.54, 1.807) is 6.92 Å². The molecule has 2 aromatic rings. The average molecular weight is 368 g/mol. The van der Waals surface area contributed by atoms with Gasteiger partial charge in [0.25, 0.3) is 5.91 Å². The van der Waals surface area contributed by atoms with Crippen LogP contribution in [0.25, 0.3) is 0 Å². The van der Waals surface area contributed by atoms with Crippen LogP contribution in [0.4, 0.5) is 0 Å². The molecule has 2 aromatic carbocycles. The van der Waals surface area contributed by atoms with E-state index in [1.165, 1.54) is 5.56 Å². The lowest BCUT2D eigenvalue weighted by Crippen LogP contribution is -2.36. The molecule has 1 amide bonds. The van der Waals surface area contributed by atoms with E-state index in [9.17, 15) is 4.79 Å². The van der Waals surface area contributed by atoms with Gasteiger partial charge in [0.05, 0.1) is 13.2 Å². The standard InChI is InChI=1S/C22H28N2O3/c1-17-5-3-4-6-21(17)27-18(2)22(25)23-15-19-7-9-20(10-8-19)16-24-11-13-26-14-12-24/h3-10,18H,11-16H2,1-2H3,(H,23,25)/t18-/m0/s1. The van der Waals surface area contributed by atoms with Gasteiger partial charge in [-0.2, -0.15) is 0 Å². The highest BCUT2D eigenvalue weighted by atomic mass is 16.5. The van der Waals surface area contributed by atoms with Crippen molar-refractivity contribution in [2.45, 2.75) is 33.0 Å². The van der Waals surface area contributed by atoms with E-state index in [1.807, 2.05) is 31.2 Å². The number of nitrogens with one attached hydrogen (secondary N) is 1. The first kappa shape index (κ1) is 19.4. The van der Waals surface area contributed by atoms with Crippen LogP contribution in [0.2, 0.25) is 0 Å². The van der Waals surface area contributed by atoms with Crippen LogP contribution >= 0.6 is 0 Å². The maximum Gasteiger partial charge on any atom is 0.261 e. The van der Waals surface area contributed by atoms with Gasteiger partial charge in [-0.05, 0) is 36.6 Å². The molecule has 0 aromatic heterocycles. The highest BCUT2D eigenvalue weighted by Crippen LogP contribution is 2.18. The lowest BCUT2D eigenvalue weighted by Gasteiger charge is -2.26. The van der Waals surface area contributed by atoms with Gasteiger partial charge in [-0.25, -0.2) is 0 Å². The molecule has 1 aliphatic heterocycles. The fourth-order valence-corrected chi connectivity index (χ4v) is 3.05. The number of carbonyl (C=O) groups is 1. The fraction of sp³-hybridized carbons (Fsp3) is 0.409.